The van der Waals surface area contributed by atoms with Crippen LogP contribution in [0.25, 0.3) is 0 Å². The smallest absolute Gasteiger partial charge is 0.341 e. The number of rotatable bonds is 3. The number of nitrogens with zero attached hydrogens (tertiary/aromatic N) is 3. The maximum Gasteiger partial charge on any atom is 0.341 e. The fourth-order valence-electron chi connectivity index (χ4n) is 3.43. The summed E-state index contributed by atoms with van der Waals surface area (Å²) in [4.78, 5) is 29.7. The van der Waals surface area contributed by atoms with E-state index in [2.05, 4.69) is 16.4 Å². The second kappa shape index (κ2) is 7.66. The van der Waals surface area contributed by atoms with Gasteiger partial charge < -0.3 is 15.2 Å². The molecule has 0 aliphatic carbocycles. The van der Waals surface area contributed by atoms with Crippen LogP contribution in [0.4, 0.5) is 11.5 Å². The number of aliphatic hydroxyl groups excluding tert-OH is 1. The summed E-state index contributed by atoms with van der Waals surface area (Å²) in [5.41, 5.74) is 1.84. The maximum atomic E-state index is 12.1. The van der Waals surface area contributed by atoms with Crippen molar-refractivity contribution in [1.82, 2.24) is 4.98 Å². The highest BCUT2D eigenvalue weighted by molar-refractivity contribution is 5.95. The molecule has 3 atom stereocenters. The molecule has 28 heavy (non-hydrogen) atoms. The van der Waals surface area contributed by atoms with Gasteiger partial charge in [-0.1, -0.05) is 6.92 Å². The van der Waals surface area contributed by atoms with E-state index in [1.165, 1.54) is 25.1 Å². The van der Waals surface area contributed by atoms with Crippen molar-refractivity contribution < 1.29 is 19.4 Å². The van der Waals surface area contributed by atoms with E-state index in [0.717, 1.165) is 0 Å². The Labute approximate surface area is 162 Å². The van der Waals surface area contributed by atoms with Crippen LogP contribution in [0, 0.1) is 17.2 Å². The standard InChI is InChI=1S/C20H20N4O4/c1-11-17(23-18-14(20(27)28-3)5-4-8-22-18)15-9-13(10-21)6-7-16(15)24(12(2)25)19(11)26/h4-9,11,17,19,26H,1-3H3,(H,22,23)/t11-,17-,19+/m1/s1. The third kappa shape index (κ3) is 3.28. The molecule has 1 amide bonds. The highest BCUT2D eigenvalue weighted by atomic mass is 16.5. The predicted octanol–water partition coefficient (Wildman–Crippen LogP) is 2.21. The van der Waals surface area contributed by atoms with E-state index in [-0.39, 0.29) is 11.5 Å². The average molecular weight is 380 g/mol. The fourth-order valence-corrected chi connectivity index (χ4v) is 3.43. The van der Waals surface area contributed by atoms with Gasteiger partial charge in [0.15, 0.2) is 0 Å². The Morgan fingerprint density at radius 3 is 2.75 bits per heavy atom. The maximum absolute atomic E-state index is 12.1. The summed E-state index contributed by atoms with van der Waals surface area (Å²) < 4.78 is 4.80. The first-order chi connectivity index (χ1) is 13.4. The number of hydrogen-bond donors (Lipinski definition) is 2. The molecule has 0 saturated carbocycles. The number of aromatic nitrogens is 1. The molecule has 0 unspecified atom stereocenters. The topological polar surface area (TPSA) is 116 Å². The Hall–Kier alpha value is -3.44. The number of benzene rings is 1. The number of anilines is 2. The van der Waals surface area contributed by atoms with E-state index >= 15 is 0 Å². The molecule has 0 radical (unpaired) electrons. The van der Waals surface area contributed by atoms with Crippen molar-refractivity contribution in [2.75, 3.05) is 17.3 Å². The fraction of sp³-hybridized carbons (Fsp3) is 0.300. The molecular formula is C20H20N4O4. The molecule has 1 aliphatic heterocycles. The van der Waals surface area contributed by atoms with E-state index in [9.17, 15) is 20.0 Å². The van der Waals surface area contributed by atoms with E-state index in [0.29, 0.717) is 22.6 Å². The van der Waals surface area contributed by atoms with Gasteiger partial charge in [-0.05, 0) is 35.9 Å². The van der Waals surface area contributed by atoms with Gasteiger partial charge in [0.2, 0.25) is 5.91 Å². The minimum absolute atomic E-state index is 0.249. The third-order valence-corrected chi connectivity index (χ3v) is 4.86. The first kappa shape index (κ1) is 19.3. The summed E-state index contributed by atoms with van der Waals surface area (Å²) in [7, 11) is 1.28. The second-order valence-corrected chi connectivity index (χ2v) is 6.56. The Balaban J connectivity index is 2.12. The van der Waals surface area contributed by atoms with Gasteiger partial charge in [-0.2, -0.15) is 5.26 Å². The van der Waals surface area contributed by atoms with Crippen molar-refractivity contribution in [2.45, 2.75) is 26.1 Å². The molecule has 8 heteroatoms. The van der Waals surface area contributed by atoms with Gasteiger partial charge in [-0.25, -0.2) is 9.78 Å². The number of hydrogen-bond acceptors (Lipinski definition) is 7. The monoisotopic (exact) mass is 380 g/mol. The van der Waals surface area contributed by atoms with Crippen LogP contribution >= 0.6 is 0 Å². The van der Waals surface area contributed by atoms with Gasteiger partial charge in [0.25, 0.3) is 0 Å². The first-order valence-electron chi connectivity index (χ1n) is 8.70. The van der Waals surface area contributed by atoms with Crippen LogP contribution in [0.1, 0.15) is 41.4 Å². The van der Waals surface area contributed by atoms with Gasteiger partial charge in [-0.15, -0.1) is 0 Å². The Morgan fingerprint density at radius 1 is 1.36 bits per heavy atom. The predicted molar refractivity (Wildman–Crippen MR) is 101 cm³/mol. The lowest BCUT2D eigenvalue weighted by Gasteiger charge is -2.42. The minimum atomic E-state index is -1.08. The lowest BCUT2D eigenvalue weighted by molar-refractivity contribution is -0.119. The number of nitriles is 1. The molecule has 144 valence electrons. The molecule has 0 spiro atoms. The minimum Gasteiger partial charge on any atom is -0.465 e. The highest BCUT2D eigenvalue weighted by Crippen LogP contribution is 2.42. The van der Waals surface area contributed by atoms with Crippen LogP contribution < -0.4 is 10.2 Å². The van der Waals surface area contributed by atoms with Gasteiger partial charge in [0.1, 0.15) is 17.6 Å². The number of nitrogens with one attached hydrogen (secondary N) is 1. The summed E-state index contributed by atoms with van der Waals surface area (Å²) in [5.74, 6) is -1.01. The Morgan fingerprint density at radius 2 is 2.11 bits per heavy atom. The van der Waals surface area contributed by atoms with E-state index < -0.39 is 24.2 Å². The summed E-state index contributed by atoms with van der Waals surface area (Å²) in [6.07, 6.45) is 0.452. The summed E-state index contributed by atoms with van der Waals surface area (Å²) in [6, 6.07) is 9.70. The molecule has 1 aliphatic rings. The van der Waals surface area contributed by atoms with Crippen molar-refractivity contribution in [1.29, 1.82) is 5.26 Å². The van der Waals surface area contributed by atoms with E-state index in [4.69, 9.17) is 4.74 Å². The number of carbonyl (C=O) groups excluding carboxylic acids is 2. The molecule has 3 rings (SSSR count). The number of esters is 1. The normalized spacial score (nSPS) is 20.7. The second-order valence-electron chi connectivity index (χ2n) is 6.56. The van der Waals surface area contributed by atoms with E-state index in [1.807, 2.05) is 0 Å². The van der Waals surface area contributed by atoms with Crippen LogP contribution in [0.2, 0.25) is 0 Å². The Kier molecular flexibility index (Phi) is 5.29. The first-order valence-corrected chi connectivity index (χ1v) is 8.70. The van der Waals surface area contributed by atoms with Gasteiger partial charge in [-0.3, -0.25) is 9.69 Å². The van der Waals surface area contributed by atoms with Crippen LogP contribution in [-0.4, -0.2) is 35.3 Å². The van der Waals surface area contributed by atoms with Gasteiger partial charge >= 0.3 is 5.97 Å². The van der Waals surface area contributed by atoms with Crippen LogP contribution in [0.3, 0.4) is 0 Å². The molecule has 0 bridgehead atoms. The SMILES string of the molecule is COC(=O)c1cccnc1N[C@H]1c2cc(C#N)ccc2N(C(C)=O)[C@@H](O)[C@@H]1C. The number of ether oxygens (including phenoxy) is 1. The molecule has 8 nitrogen and oxygen atoms in total. The average Bonchev–Trinajstić information content (AvgIpc) is 2.70. The van der Waals surface area contributed by atoms with Gasteiger partial charge in [0, 0.05) is 19.0 Å². The Bertz CT molecular complexity index is 969. The molecule has 0 fully saturated rings. The molecule has 2 N–H and O–H groups in total. The zero-order chi connectivity index (χ0) is 20.4. The van der Waals surface area contributed by atoms with Crippen molar-refractivity contribution in [2.24, 2.45) is 5.92 Å². The quantitative estimate of drug-likeness (QED) is 0.784. The third-order valence-electron chi connectivity index (χ3n) is 4.86. The summed E-state index contributed by atoms with van der Waals surface area (Å²) >= 11 is 0. The number of aliphatic hydroxyl groups is 1. The zero-order valence-electron chi connectivity index (χ0n) is 15.7. The van der Waals surface area contributed by atoms with Crippen LogP contribution in [0.5, 0.6) is 0 Å². The largest absolute Gasteiger partial charge is 0.465 e. The summed E-state index contributed by atoms with van der Waals surface area (Å²) in [6.45, 7) is 3.15. The number of amides is 1. The van der Waals surface area contributed by atoms with Crippen LogP contribution in [-0.2, 0) is 9.53 Å². The molecule has 1 aromatic carbocycles. The van der Waals surface area contributed by atoms with Gasteiger partial charge in [0.05, 0.1) is 30.5 Å². The lowest BCUT2D eigenvalue weighted by Crippen LogP contribution is -2.50. The molecular weight excluding hydrogens is 360 g/mol. The molecule has 1 aromatic heterocycles. The number of fused-ring (bicyclic) bond motifs is 1. The number of methoxy groups -OCH3 is 1. The highest BCUT2D eigenvalue weighted by Gasteiger charge is 2.40. The molecule has 2 aromatic rings. The number of pyridine rings is 1. The van der Waals surface area contributed by atoms with Crippen molar-refractivity contribution in [3.8, 4) is 6.07 Å². The number of carbonyl (C=O) groups is 2. The van der Waals surface area contributed by atoms with Crippen LogP contribution in [0.15, 0.2) is 36.5 Å². The van der Waals surface area contributed by atoms with E-state index in [1.54, 1.807) is 37.3 Å². The van der Waals surface area contributed by atoms with Crippen molar-refractivity contribution in [3.05, 3.63) is 53.2 Å². The van der Waals surface area contributed by atoms with Crippen molar-refractivity contribution >= 4 is 23.4 Å². The zero-order valence-corrected chi connectivity index (χ0v) is 15.7. The van der Waals surface area contributed by atoms with Crippen molar-refractivity contribution in [3.63, 3.8) is 0 Å². The molecule has 2 heterocycles. The lowest BCUT2D eigenvalue weighted by atomic mass is 9.85. The summed E-state index contributed by atoms with van der Waals surface area (Å²) in [5, 5.41) is 23.2. The molecule has 0 saturated heterocycles.